The topological polar surface area (TPSA) is 51.2 Å². The lowest BCUT2D eigenvalue weighted by Crippen LogP contribution is -2.25. The number of hydrogen-bond acceptors (Lipinski definition) is 3. The van der Waals surface area contributed by atoms with E-state index in [9.17, 15) is 13.2 Å². The van der Waals surface area contributed by atoms with Crippen LogP contribution in [-0.4, -0.2) is 25.2 Å². The SMILES string of the molecule is CCc1ccc(C(=O)CS(=O)(=O)C(C)CC)cc1. The predicted octanol–water partition coefficient (Wildman–Crippen LogP) is 2.65. The highest BCUT2D eigenvalue weighted by Gasteiger charge is 2.23. The van der Waals surface area contributed by atoms with Gasteiger partial charge in [0.25, 0.3) is 0 Å². The lowest BCUT2D eigenvalue weighted by atomic mass is 10.1. The summed E-state index contributed by atoms with van der Waals surface area (Å²) in [6.45, 7) is 5.48. The maximum atomic E-state index is 11.9. The van der Waals surface area contributed by atoms with Crippen LogP contribution in [0.5, 0.6) is 0 Å². The van der Waals surface area contributed by atoms with Gasteiger partial charge in [-0.3, -0.25) is 4.79 Å². The molecule has 1 atom stereocenters. The summed E-state index contributed by atoms with van der Waals surface area (Å²) >= 11 is 0. The second-order valence-electron chi connectivity index (χ2n) is 4.50. The Hall–Kier alpha value is -1.16. The molecule has 0 spiro atoms. The second kappa shape index (κ2) is 6.14. The van der Waals surface area contributed by atoms with Crippen LogP contribution in [0.25, 0.3) is 0 Å². The molecule has 0 aromatic heterocycles. The van der Waals surface area contributed by atoms with E-state index in [0.717, 1.165) is 12.0 Å². The van der Waals surface area contributed by atoms with E-state index in [1.54, 1.807) is 19.1 Å². The number of benzene rings is 1. The van der Waals surface area contributed by atoms with Gasteiger partial charge in [0.1, 0.15) is 5.75 Å². The molecule has 1 rings (SSSR count). The van der Waals surface area contributed by atoms with Gasteiger partial charge in [0.2, 0.25) is 0 Å². The van der Waals surface area contributed by atoms with Crippen molar-refractivity contribution >= 4 is 15.6 Å². The molecule has 0 N–H and O–H groups in total. The van der Waals surface area contributed by atoms with Crippen molar-refractivity contribution in [3.63, 3.8) is 0 Å². The van der Waals surface area contributed by atoms with Crippen molar-refractivity contribution < 1.29 is 13.2 Å². The van der Waals surface area contributed by atoms with Gasteiger partial charge < -0.3 is 0 Å². The molecule has 0 saturated carbocycles. The molecule has 0 heterocycles. The van der Waals surface area contributed by atoms with E-state index in [-0.39, 0.29) is 5.78 Å². The summed E-state index contributed by atoms with van der Waals surface area (Å²) in [5, 5.41) is -0.462. The van der Waals surface area contributed by atoms with Gasteiger partial charge in [-0.1, -0.05) is 38.1 Å². The first-order valence-electron chi connectivity index (χ1n) is 6.24. The molecule has 0 radical (unpaired) electrons. The third kappa shape index (κ3) is 3.67. The highest BCUT2D eigenvalue weighted by molar-refractivity contribution is 7.92. The minimum atomic E-state index is -3.32. The molecule has 0 fully saturated rings. The number of hydrogen-bond donors (Lipinski definition) is 0. The summed E-state index contributed by atoms with van der Waals surface area (Å²) in [5.74, 6) is -0.717. The Bertz CT molecular complexity index is 500. The van der Waals surface area contributed by atoms with Crippen LogP contribution in [0.1, 0.15) is 43.1 Å². The second-order valence-corrected chi connectivity index (χ2v) is 6.92. The van der Waals surface area contributed by atoms with E-state index in [0.29, 0.717) is 12.0 Å². The molecule has 1 aromatic carbocycles. The third-order valence-electron chi connectivity index (χ3n) is 3.20. The lowest BCUT2D eigenvalue weighted by molar-refractivity contribution is 0.102. The Balaban J connectivity index is 2.82. The minimum Gasteiger partial charge on any atom is -0.293 e. The Morgan fingerprint density at radius 2 is 1.72 bits per heavy atom. The van der Waals surface area contributed by atoms with Crippen molar-refractivity contribution in [2.24, 2.45) is 0 Å². The Morgan fingerprint density at radius 3 is 2.17 bits per heavy atom. The minimum absolute atomic E-state index is 0.321. The van der Waals surface area contributed by atoms with E-state index in [1.165, 1.54) is 0 Å². The number of carbonyl (C=O) groups is 1. The van der Waals surface area contributed by atoms with E-state index >= 15 is 0 Å². The molecule has 4 heteroatoms. The zero-order valence-corrected chi connectivity index (χ0v) is 12.0. The number of rotatable bonds is 6. The zero-order chi connectivity index (χ0) is 13.8. The average Bonchev–Trinajstić information content (AvgIpc) is 2.37. The summed E-state index contributed by atoms with van der Waals surface area (Å²) in [5.41, 5.74) is 1.61. The number of aryl methyl sites for hydroxylation is 1. The van der Waals surface area contributed by atoms with Crippen LogP contribution in [0.4, 0.5) is 0 Å². The molecule has 0 amide bonds. The van der Waals surface area contributed by atoms with Gasteiger partial charge in [-0.2, -0.15) is 0 Å². The fraction of sp³-hybridized carbons (Fsp3) is 0.500. The fourth-order valence-corrected chi connectivity index (χ4v) is 2.91. The van der Waals surface area contributed by atoms with Crippen LogP contribution in [0.15, 0.2) is 24.3 Å². The van der Waals surface area contributed by atoms with Crippen molar-refractivity contribution in [3.05, 3.63) is 35.4 Å². The van der Waals surface area contributed by atoms with Crippen molar-refractivity contribution in [3.8, 4) is 0 Å². The zero-order valence-electron chi connectivity index (χ0n) is 11.1. The quantitative estimate of drug-likeness (QED) is 0.745. The van der Waals surface area contributed by atoms with E-state index in [1.807, 2.05) is 26.0 Å². The lowest BCUT2D eigenvalue weighted by Gasteiger charge is -2.09. The van der Waals surface area contributed by atoms with Crippen molar-refractivity contribution in [2.45, 2.75) is 38.9 Å². The smallest absolute Gasteiger partial charge is 0.177 e. The summed E-state index contributed by atoms with van der Waals surface area (Å²) in [4.78, 5) is 11.9. The average molecular weight is 268 g/mol. The van der Waals surface area contributed by atoms with Crippen LogP contribution < -0.4 is 0 Å². The maximum absolute atomic E-state index is 11.9. The molecule has 0 aliphatic carbocycles. The molecule has 0 bridgehead atoms. The Labute approximate surface area is 109 Å². The molecule has 0 saturated heterocycles. The van der Waals surface area contributed by atoms with Crippen LogP contribution >= 0.6 is 0 Å². The number of Topliss-reactive ketones (excluding diaryl/α,β-unsaturated/α-hetero) is 1. The highest BCUT2D eigenvalue weighted by Crippen LogP contribution is 2.11. The fourth-order valence-electron chi connectivity index (χ4n) is 1.59. The molecule has 18 heavy (non-hydrogen) atoms. The van der Waals surface area contributed by atoms with Gasteiger partial charge in [0.15, 0.2) is 15.6 Å². The number of sulfone groups is 1. The molecule has 0 aliphatic heterocycles. The largest absolute Gasteiger partial charge is 0.293 e. The monoisotopic (exact) mass is 268 g/mol. The maximum Gasteiger partial charge on any atom is 0.177 e. The first-order chi connectivity index (χ1) is 8.40. The van der Waals surface area contributed by atoms with Crippen LogP contribution in [0.3, 0.4) is 0 Å². The molecular formula is C14H20O3S. The summed E-state index contributed by atoms with van der Waals surface area (Å²) < 4.78 is 23.7. The van der Waals surface area contributed by atoms with Crippen LogP contribution in [-0.2, 0) is 16.3 Å². The summed E-state index contributed by atoms with van der Waals surface area (Å²) in [6, 6.07) is 7.13. The van der Waals surface area contributed by atoms with Gasteiger partial charge in [-0.15, -0.1) is 0 Å². The molecule has 0 aliphatic rings. The van der Waals surface area contributed by atoms with E-state index in [4.69, 9.17) is 0 Å². The number of carbonyl (C=O) groups excluding carboxylic acids is 1. The highest BCUT2D eigenvalue weighted by atomic mass is 32.2. The Morgan fingerprint density at radius 1 is 1.17 bits per heavy atom. The standard InChI is InChI=1S/C14H20O3S/c1-4-11(3)18(16,17)10-14(15)13-8-6-12(5-2)7-9-13/h6-9,11H,4-5,10H2,1-3H3. The van der Waals surface area contributed by atoms with Gasteiger partial charge >= 0.3 is 0 Å². The van der Waals surface area contributed by atoms with Crippen molar-refractivity contribution in [2.75, 3.05) is 5.75 Å². The Kier molecular flexibility index (Phi) is 5.08. The van der Waals surface area contributed by atoms with Gasteiger partial charge in [-0.25, -0.2) is 8.42 Å². The molecule has 1 aromatic rings. The van der Waals surface area contributed by atoms with Crippen LogP contribution in [0, 0.1) is 0 Å². The molecule has 100 valence electrons. The first kappa shape index (κ1) is 14.9. The molecule has 1 unspecified atom stereocenters. The van der Waals surface area contributed by atoms with Gasteiger partial charge in [0.05, 0.1) is 5.25 Å². The van der Waals surface area contributed by atoms with Gasteiger partial charge in [-0.05, 0) is 25.3 Å². The van der Waals surface area contributed by atoms with Gasteiger partial charge in [0, 0.05) is 5.56 Å². The summed E-state index contributed by atoms with van der Waals surface area (Å²) in [6.07, 6.45) is 1.43. The van der Waals surface area contributed by atoms with Crippen molar-refractivity contribution in [1.29, 1.82) is 0 Å². The van der Waals surface area contributed by atoms with E-state index in [2.05, 4.69) is 0 Å². The predicted molar refractivity (Wildman–Crippen MR) is 73.7 cm³/mol. The number of ketones is 1. The van der Waals surface area contributed by atoms with Crippen molar-refractivity contribution in [1.82, 2.24) is 0 Å². The third-order valence-corrected chi connectivity index (χ3v) is 5.43. The van der Waals surface area contributed by atoms with Crippen LogP contribution in [0.2, 0.25) is 0 Å². The molecular weight excluding hydrogens is 248 g/mol. The normalized spacial score (nSPS) is 13.3. The van der Waals surface area contributed by atoms with E-state index < -0.39 is 20.8 Å². The summed E-state index contributed by atoms with van der Waals surface area (Å²) in [7, 11) is -3.32. The first-order valence-corrected chi connectivity index (χ1v) is 7.96. The molecule has 3 nitrogen and oxygen atoms in total.